The molecule has 1 aromatic heterocycles. The Morgan fingerprint density at radius 2 is 2.20 bits per heavy atom. The van der Waals surface area contributed by atoms with E-state index in [0.717, 1.165) is 22.3 Å². The Kier molecular flexibility index (Phi) is 3.89. The van der Waals surface area contributed by atoms with Crippen molar-refractivity contribution in [1.29, 1.82) is 0 Å². The zero-order valence-electron chi connectivity index (χ0n) is 11.4. The molecule has 3 rings (SSSR count). The summed E-state index contributed by atoms with van der Waals surface area (Å²) in [4.78, 5) is 0. The van der Waals surface area contributed by atoms with Crippen LogP contribution in [0.2, 0.25) is 0 Å². The van der Waals surface area contributed by atoms with Gasteiger partial charge in [0.05, 0.1) is 12.7 Å². The van der Waals surface area contributed by atoms with Crippen LogP contribution in [0.25, 0.3) is 0 Å². The number of halogens is 2. The number of nitrogens with zero attached hydrogens (tertiary/aromatic N) is 2. The maximum absolute atomic E-state index is 13.4. The summed E-state index contributed by atoms with van der Waals surface area (Å²) in [6.07, 6.45) is 4.47. The van der Waals surface area contributed by atoms with Gasteiger partial charge in [0.2, 0.25) is 0 Å². The second-order valence-corrected chi connectivity index (χ2v) is 6.26. The Bertz CT molecular complexity index is 599. The third-order valence-electron chi connectivity index (χ3n) is 3.62. The quantitative estimate of drug-likeness (QED) is 0.906. The van der Waals surface area contributed by atoms with Crippen molar-refractivity contribution >= 4 is 15.9 Å². The smallest absolute Gasteiger partial charge is 0.124 e. The minimum Gasteiger partial charge on any atom is -0.310 e. The van der Waals surface area contributed by atoms with Crippen LogP contribution in [-0.2, 0) is 13.1 Å². The number of hydrogen-bond donors (Lipinski definition) is 1. The third kappa shape index (κ3) is 3.27. The molecule has 2 aromatic rings. The molecular formula is C15H17BrFN3. The summed E-state index contributed by atoms with van der Waals surface area (Å²) >= 11 is 3.32. The van der Waals surface area contributed by atoms with Crippen LogP contribution in [0.5, 0.6) is 0 Å². The summed E-state index contributed by atoms with van der Waals surface area (Å²) < 4.78 is 16.1. The Labute approximate surface area is 126 Å². The summed E-state index contributed by atoms with van der Waals surface area (Å²) in [6.45, 7) is 3.51. The molecule has 0 saturated heterocycles. The molecule has 1 saturated carbocycles. The van der Waals surface area contributed by atoms with E-state index in [2.05, 4.69) is 33.3 Å². The van der Waals surface area contributed by atoms with Gasteiger partial charge in [0, 0.05) is 28.3 Å². The normalized spacial score (nSPS) is 14.8. The lowest BCUT2D eigenvalue weighted by Crippen LogP contribution is -2.16. The van der Waals surface area contributed by atoms with E-state index < -0.39 is 0 Å². The summed E-state index contributed by atoms with van der Waals surface area (Å²) in [6, 6.07) is 5.63. The lowest BCUT2D eigenvalue weighted by molar-refractivity contribution is 0.614. The molecule has 1 fully saturated rings. The fourth-order valence-corrected chi connectivity index (χ4v) is 2.75. The number of rotatable bonds is 5. The Balaban J connectivity index is 1.73. The highest BCUT2D eigenvalue weighted by Gasteiger charge is 2.20. The van der Waals surface area contributed by atoms with Crippen molar-refractivity contribution in [2.24, 2.45) is 0 Å². The second kappa shape index (κ2) is 5.66. The van der Waals surface area contributed by atoms with E-state index >= 15 is 0 Å². The minimum absolute atomic E-state index is 0.227. The molecule has 1 aromatic carbocycles. The average Bonchev–Trinajstić information content (AvgIpc) is 3.14. The molecule has 0 aliphatic heterocycles. The molecule has 20 heavy (non-hydrogen) atoms. The summed E-state index contributed by atoms with van der Waals surface area (Å²) in [7, 11) is 0. The van der Waals surface area contributed by atoms with Gasteiger partial charge in [-0.3, -0.25) is 4.68 Å². The molecule has 106 valence electrons. The molecule has 0 amide bonds. The van der Waals surface area contributed by atoms with Crippen LogP contribution in [-0.4, -0.2) is 15.8 Å². The molecular weight excluding hydrogens is 321 g/mol. The van der Waals surface area contributed by atoms with Gasteiger partial charge in [-0.05, 0) is 43.5 Å². The molecule has 5 heteroatoms. The van der Waals surface area contributed by atoms with Crippen molar-refractivity contribution < 1.29 is 4.39 Å². The van der Waals surface area contributed by atoms with Crippen LogP contribution in [0.4, 0.5) is 4.39 Å². The molecule has 0 spiro atoms. The SMILES string of the molecule is Cc1c(CNC2CC2)cnn1Cc1cc(F)cc(Br)c1. The van der Waals surface area contributed by atoms with Crippen molar-refractivity contribution in [2.75, 3.05) is 0 Å². The highest BCUT2D eigenvalue weighted by atomic mass is 79.9. The number of hydrogen-bond acceptors (Lipinski definition) is 2. The molecule has 3 nitrogen and oxygen atoms in total. The van der Waals surface area contributed by atoms with E-state index in [9.17, 15) is 4.39 Å². The first-order valence-corrected chi connectivity index (χ1v) is 7.61. The van der Waals surface area contributed by atoms with Gasteiger partial charge >= 0.3 is 0 Å². The molecule has 0 bridgehead atoms. The lowest BCUT2D eigenvalue weighted by Gasteiger charge is -2.07. The van der Waals surface area contributed by atoms with E-state index in [1.165, 1.54) is 24.5 Å². The van der Waals surface area contributed by atoms with Crippen LogP contribution in [0, 0.1) is 12.7 Å². The zero-order chi connectivity index (χ0) is 14.1. The van der Waals surface area contributed by atoms with Gasteiger partial charge in [-0.2, -0.15) is 5.10 Å². The highest BCUT2D eigenvalue weighted by molar-refractivity contribution is 9.10. The lowest BCUT2D eigenvalue weighted by atomic mass is 10.2. The highest BCUT2D eigenvalue weighted by Crippen LogP contribution is 2.20. The summed E-state index contributed by atoms with van der Waals surface area (Å²) in [5.41, 5.74) is 3.26. The van der Waals surface area contributed by atoms with Gasteiger partial charge in [0.25, 0.3) is 0 Å². The Morgan fingerprint density at radius 1 is 1.40 bits per heavy atom. The summed E-state index contributed by atoms with van der Waals surface area (Å²) in [5, 5.41) is 7.90. The summed E-state index contributed by atoms with van der Waals surface area (Å²) in [5.74, 6) is -0.227. The number of benzene rings is 1. The number of aromatic nitrogens is 2. The minimum atomic E-state index is -0.227. The standard InChI is InChI=1S/C15H17BrFN3/c1-10-12(7-18-15-2-3-15)8-19-20(10)9-11-4-13(16)6-14(17)5-11/h4-6,8,15,18H,2-3,7,9H2,1H3. The van der Waals surface area contributed by atoms with Crippen LogP contribution in [0.3, 0.4) is 0 Å². The first-order valence-electron chi connectivity index (χ1n) is 6.81. The topological polar surface area (TPSA) is 29.9 Å². The van der Waals surface area contributed by atoms with Crippen molar-refractivity contribution in [3.05, 3.63) is 51.5 Å². The Morgan fingerprint density at radius 3 is 2.90 bits per heavy atom. The van der Waals surface area contributed by atoms with E-state index in [0.29, 0.717) is 12.6 Å². The van der Waals surface area contributed by atoms with Crippen LogP contribution >= 0.6 is 15.9 Å². The van der Waals surface area contributed by atoms with Crippen molar-refractivity contribution in [1.82, 2.24) is 15.1 Å². The van der Waals surface area contributed by atoms with Crippen molar-refractivity contribution in [3.63, 3.8) is 0 Å². The van der Waals surface area contributed by atoms with Gasteiger partial charge in [0.15, 0.2) is 0 Å². The van der Waals surface area contributed by atoms with Gasteiger partial charge < -0.3 is 5.32 Å². The maximum Gasteiger partial charge on any atom is 0.124 e. The molecule has 0 atom stereocenters. The van der Waals surface area contributed by atoms with E-state index in [1.54, 1.807) is 6.07 Å². The van der Waals surface area contributed by atoms with Gasteiger partial charge in [-0.15, -0.1) is 0 Å². The van der Waals surface area contributed by atoms with E-state index in [1.807, 2.05) is 16.9 Å². The third-order valence-corrected chi connectivity index (χ3v) is 4.08. The predicted octanol–water partition coefficient (Wildman–Crippen LogP) is 3.39. The van der Waals surface area contributed by atoms with E-state index in [4.69, 9.17) is 0 Å². The molecule has 1 N–H and O–H groups in total. The first kappa shape index (κ1) is 13.8. The molecule has 0 radical (unpaired) electrons. The van der Waals surface area contributed by atoms with Crippen molar-refractivity contribution in [2.45, 2.75) is 38.9 Å². The monoisotopic (exact) mass is 337 g/mol. The molecule has 0 unspecified atom stereocenters. The van der Waals surface area contributed by atoms with Crippen LogP contribution < -0.4 is 5.32 Å². The van der Waals surface area contributed by atoms with Gasteiger partial charge in [-0.25, -0.2) is 4.39 Å². The maximum atomic E-state index is 13.4. The molecule has 1 aliphatic rings. The van der Waals surface area contributed by atoms with Crippen LogP contribution in [0.15, 0.2) is 28.9 Å². The van der Waals surface area contributed by atoms with E-state index in [-0.39, 0.29) is 5.82 Å². The Hall–Kier alpha value is -1.20. The van der Waals surface area contributed by atoms with Gasteiger partial charge in [0.1, 0.15) is 5.82 Å². The number of nitrogens with one attached hydrogen (secondary N) is 1. The fourth-order valence-electron chi connectivity index (χ4n) is 2.24. The zero-order valence-corrected chi connectivity index (χ0v) is 13.0. The molecule has 1 heterocycles. The first-order chi connectivity index (χ1) is 9.61. The fraction of sp³-hybridized carbons (Fsp3) is 0.400. The van der Waals surface area contributed by atoms with Gasteiger partial charge in [-0.1, -0.05) is 15.9 Å². The van der Waals surface area contributed by atoms with Crippen LogP contribution in [0.1, 0.15) is 29.7 Å². The van der Waals surface area contributed by atoms with Crippen molar-refractivity contribution in [3.8, 4) is 0 Å². The predicted molar refractivity (Wildman–Crippen MR) is 80.0 cm³/mol. The average molecular weight is 338 g/mol. The largest absolute Gasteiger partial charge is 0.310 e. The second-order valence-electron chi connectivity index (χ2n) is 5.35. The molecule has 1 aliphatic carbocycles.